The molecule has 1 heterocycles. The van der Waals surface area contributed by atoms with Gasteiger partial charge in [0.2, 0.25) is 0 Å². The molecule has 1 fully saturated rings. The van der Waals surface area contributed by atoms with Crippen LogP contribution >= 0.6 is 0 Å². The van der Waals surface area contributed by atoms with Gasteiger partial charge in [-0.3, -0.25) is 0 Å². The Bertz CT molecular complexity index is 189. The molecular weight excluding hydrogens is 184 g/mol. The number of nitrogens with zero attached hydrogens (tertiary/aromatic N) is 1. The van der Waals surface area contributed by atoms with Crippen LogP contribution in [0.1, 0.15) is 47.5 Å². The van der Waals surface area contributed by atoms with Gasteiger partial charge in [-0.05, 0) is 52.2 Å². The van der Waals surface area contributed by atoms with Gasteiger partial charge in [-0.2, -0.15) is 0 Å². The van der Waals surface area contributed by atoms with E-state index in [2.05, 4.69) is 44.8 Å². The summed E-state index contributed by atoms with van der Waals surface area (Å²) in [5.41, 5.74) is 0.318. The van der Waals surface area contributed by atoms with Crippen molar-refractivity contribution in [3.05, 3.63) is 0 Å². The van der Waals surface area contributed by atoms with Gasteiger partial charge < -0.3 is 10.2 Å². The highest BCUT2D eigenvalue weighted by Gasteiger charge is 2.34. The summed E-state index contributed by atoms with van der Waals surface area (Å²) in [5, 5.41) is 3.63. The largest absolute Gasteiger partial charge is 0.311 e. The molecule has 0 bridgehead atoms. The summed E-state index contributed by atoms with van der Waals surface area (Å²) in [6.45, 7) is 15.2. The molecule has 1 N–H and O–H groups in total. The molecule has 0 amide bonds. The molecule has 2 unspecified atom stereocenters. The molecule has 0 aliphatic carbocycles. The molecule has 1 rings (SSSR count). The third-order valence-electron chi connectivity index (χ3n) is 3.66. The Morgan fingerprint density at radius 3 is 2.53 bits per heavy atom. The zero-order valence-corrected chi connectivity index (χ0v) is 11.1. The Morgan fingerprint density at radius 2 is 2.00 bits per heavy atom. The average Bonchev–Trinajstić information content (AvgIpc) is 2.18. The van der Waals surface area contributed by atoms with Gasteiger partial charge in [0.15, 0.2) is 0 Å². The van der Waals surface area contributed by atoms with Crippen LogP contribution in [0, 0.1) is 5.92 Å². The van der Waals surface area contributed by atoms with Crippen LogP contribution in [0.15, 0.2) is 0 Å². The van der Waals surface area contributed by atoms with E-state index in [0.29, 0.717) is 5.54 Å². The molecule has 1 aliphatic heterocycles. The van der Waals surface area contributed by atoms with Crippen molar-refractivity contribution in [1.29, 1.82) is 0 Å². The van der Waals surface area contributed by atoms with Gasteiger partial charge in [-0.25, -0.2) is 0 Å². The first kappa shape index (κ1) is 13.0. The van der Waals surface area contributed by atoms with Crippen molar-refractivity contribution < 1.29 is 0 Å². The predicted octanol–water partition coefficient (Wildman–Crippen LogP) is 2.49. The first-order valence-corrected chi connectivity index (χ1v) is 6.49. The lowest BCUT2D eigenvalue weighted by Gasteiger charge is -2.45. The van der Waals surface area contributed by atoms with E-state index in [-0.39, 0.29) is 0 Å². The van der Waals surface area contributed by atoms with E-state index in [9.17, 15) is 0 Å². The fraction of sp³-hybridized carbons (Fsp3) is 1.00. The minimum Gasteiger partial charge on any atom is -0.311 e. The monoisotopic (exact) mass is 212 g/mol. The fourth-order valence-corrected chi connectivity index (χ4v) is 2.70. The molecule has 0 aromatic carbocycles. The number of nitrogens with one attached hydrogen (secondary N) is 1. The normalized spacial score (nSPS) is 30.8. The van der Waals surface area contributed by atoms with Crippen LogP contribution in [-0.4, -0.2) is 36.1 Å². The van der Waals surface area contributed by atoms with E-state index in [1.807, 2.05) is 0 Å². The Kier molecular flexibility index (Phi) is 4.60. The molecule has 2 nitrogen and oxygen atoms in total. The number of hydrogen-bond acceptors (Lipinski definition) is 2. The molecular formula is C13H28N2. The number of piperidine rings is 1. The van der Waals surface area contributed by atoms with E-state index in [1.54, 1.807) is 0 Å². The predicted molar refractivity (Wildman–Crippen MR) is 67.2 cm³/mol. The summed E-state index contributed by atoms with van der Waals surface area (Å²) in [7, 11) is 0. The molecule has 1 saturated heterocycles. The average molecular weight is 212 g/mol. The summed E-state index contributed by atoms with van der Waals surface area (Å²) in [6.07, 6.45) is 2.55. The lowest BCUT2D eigenvalue weighted by Crippen LogP contribution is -2.57. The maximum Gasteiger partial charge on any atom is 0.0150 e. The summed E-state index contributed by atoms with van der Waals surface area (Å²) in [5.74, 6) is 0.782. The minimum atomic E-state index is 0.318. The van der Waals surface area contributed by atoms with Gasteiger partial charge in [-0.15, -0.1) is 0 Å². The third kappa shape index (κ3) is 3.46. The van der Waals surface area contributed by atoms with Crippen molar-refractivity contribution in [3.63, 3.8) is 0 Å². The van der Waals surface area contributed by atoms with E-state index in [4.69, 9.17) is 0 Å². The van der Waals surface area contributed by atoms with Crippen molar-refractivity contribution in [1.82, 2.24) is 10.2 Å². The highest BCUT2D eigenvalue weighted by molar-refractivity contribution is 4.93. The van der Waals surface area contributed by atoms with Crippen molar-refractivity contribution in [2.24, 2.45) is 5.92 Å². The van der Waals surface area contributed by atoms with Crippen LogP contribution < -0.4 is 5.32 Å². The smallest absolute Gasteiger partial charge is 0.0150 e. The molecule has 0 spiro atoms. The molecule has 0 saturated carbocycles. The van der Waals surface area contributed by atoms with Crippen LogP contribution in [0.4, 0.5) is 0 Å². The Morgan fingerprint density at radius 1 is 1.33 bits per heavy atom. The molecule has 2 heteroatoms. The van der Waals surface area contributed by atoms with Gasteiger partial charge in [0.05, 0.1) is 0 Å². The molecule has 15 heavy (non-hydrogen) atoms. The second-order valence-corrected chi connectivity index (χ2v) is 5.64. The van der Waals surface area contributed by atoms with Gasteiger partial charge in [0, 0.05) is 11.6 Å². The molecule has 0 aromatic heterocycles. The Labute approximate surface area is 95.4 Å². The SMILES string of the molecule is CCCN(CC)C1CC(C)(C)NCC1C. The van der Waals surface area contributed by atoms with Gasteiger partial charge >= 0.3 is 0 Å². The molecule has 1 aliphatic rings. The second-order valence-electron chi connectivity index (χ2n) is 5.64. The van der Waals surface area contributed by atoms with E-state index < -0.39 is 0 Å². The second kappa shape index (κ2) is 5.31. The van der Waals surface area contributed by atoms with Crippen molar-refractivity contribution in [3.8, 4) is 0 Å². The maximum atomic E-state index is 3.63. The van der Waals surface area contributed by atoms with Gasteiger partial charge in [0.1, 0.15) is 0 Å². The number of hydrogen-bond donors (Lipinski definition) is 1. The zero-order chi connectivity index (χ0) is 11.5. The topological polar surface area (TPSA) is 15.3 Å². The van der Waals surface area contributed by atoms with E-state index in [0.717, 1.165) is 18.5 Å². The Hall–Kier alpha value is -0.0800. The summed E-state index contributed by atoms with van der Waals surface area (Å²) >= 11 is 0. The minimum absolute atomic E-state index is 0.318. The Balaban J connectivity index is 2.63. The quantitative estimate of drug-likeness (QED) is 0.770. The first-order valence-electron chi connectivity index (χ1n) is 6.49. The lowest BCUT2D eigenvalue weighted by atomic mass is 9.82. The zero-order valence-electron chi connectivity index (χ0n) is 11.1. The maximum absolute atomic E-state index is 3.63. The van der Waals surface area contributed by atoms with Crippen LogP contribution in [0.3, 0.4) is 0 Å². The summed E-state index contributed by atoms with van der Waals surface area (Å²) in [4.78, 5) is 2.66. The third-order valence-corrected chi connectivity index (χ3v) is 3.66. The fourth-order valence-electron chi connectivity index (χ4n) is 2.70. The summed E-state index contributed by atoms with van der Waals surface area (Å²) in [6, 6.07) is 0.770. The standard InChI is InChI=1S/C13H28N2/c1-6-8-15(7-2)12-9-13(4,5)14-10-11(12)3/h11-12,14H,6-10H2,1-5H3. The molecule has 0 radical (unpaired) electrons. The highest BCUT2D eigenvalue weighted by Crippen LogP contribution is 2.26. The van der Waals surface area contributed by atoms with Crippen molar-refractivity contribution in [2.45, 2.75) is 59.0 Å². The molecule has 90 valence electrons. The van der Waals surface area contributed by atoms with E-state index >= 15 is 0 Å². The van der Waals surface area contributed by atoms with Crippen LogP contribution in [0.2, 0.25) is 0 Å². The van der Waals surface area contributed by atoms with Gasteiger partial charge in [-0.1, -0.05) is 20.8 Å². The van der Waals surface area contributed by atoms with Crippen LogP contribution in [0.25, 0.3) is 0 Å². The van der Waals surface area contributed by atoms with Crippen molar-refractivity contribution in [2.75, 3.05) is 19.6 Å². The van der Waals surface area contributed by atoms with E-state index in [1.165, 1.54) is 25.9 Å². The highest BCUT2D eigenvalue weighted by atomic mass is 15.2. The first-order chi connectivity index (χ1) is 7.00. The van der Waals surface area contributed by atoms with Gasteiger partial charge in [0.25, 0.3) is 0 Å². The van der Waals surface area contributed by atoms with Crippen LogP contribution in [-0.2, 0) is 0 Å². The molecule has 0 aromatic rings. The van der Waals surface area contributed by atoms with Crippen LogP contribution in [0.5, 0.6) is 0 Å². The summed E-state index contributed by atoms with van der Waals surface area (Å²) < 4.78 is 0. The lowest BCUT2D eigenvalue weighted by molar-refractivity contribution is 0.0826. The van der Waals surface area contributed by atoms with Crippen molar-refractivity contribution >= 4 is 0 Å². The molecule has 2 atom stereocenters. The number of rotatable bonds is 4.